The zero-order chi connectivity index (χ0) is 18.6. The van der Waals surface area contributed by atoms with E-state index < -0.39 is 23.2 Å². The van der Waals surface area contributed by atoms with Gasteiger partial charge in [0.15, 0.2) is 17.4 Å². The average molecular weight is 363 g/mol. The molecule has 1 atom stereocenters. The number of hydrogen-bond donors (Lipinski definition) is 3. The molecule has 4 rings (SSSR count). The van der Waals surface area contributed by atoms with Gasteiger partial charge in [-0.3, -0.25) is 4.79 Å². The molecule has 0 bridgehead atoms. The fourth-order valence-corrected chi connectivity index (χ4v) is 3.32. The quantitative estimate of drug-likeness (QED) is 0.688. The lowest BCUT2D eigenvalue weighted by atomic mass is 10.2. The summed E-state index contributed by atoms with van der Waals surface area (Å²) < 4.78 is 21.1. The van der Waals surface area contributed by atoms with Crippen LogP contribution in [0.2, 0.25) is 0 Å². The molecule has 3 heterocycles. The van der Waals surface area contributed by atoms with E-state index in [4.69, 9.17) is 16.6 Å². The first-order valence-electron chi connectivity index (χ1n) is 8.32. The minimum absolute atomic E-state index is 0.0419. The van der Waals surface area contributed by atoms with Crippen LogP contribution in [0.5, 0.6) is 5.75 Å². The first-order valence-corrected chi connectivity index (χ1v) is 8.32. The van der Waals surface area contributed by atoms with Gasteiger partial charge < -0.3 is 30.8 Å². The summed E-state index contributed by atoms with van der Waals surface area (Å²) >= 11 is 0. The molecule has 1 saturated heterocycles. The number of halogens is 1. The van der Waals surface area contributed by atoms with Crippen molar-refractivity contribution in [3.05, 3.63) is 22.2 Å². The molecule has 1 aliphatic carbocycles. The summed E-state index contributed by atoms with van der Waals surface area (Å²) in [6.07, 6.45) is 2.07. The second-order valence-electron chi connectivity index (χ2n) is 6.69. The van der Waals surface area contributed by atoms with Crippen molar-refractivity contribution in [3.8, 4) is 5.75 Å². The van der Waals surface area contributed by atoms with E-state index >= 15 is 0 Å². The second-order valence-corrected chi connectivity index (χ2v) is 6.69. The van der Waals surface area contributed by atoms with Gasteiger partial charge in [0.1, 0.15) is 5.65 Å². The van der Waals surface area contributed by atoms with Gasteiger partial charge in [0.05, 0.1) is 17.3 Å². The third-order valence-electron chi connectivity index (χ3n) is 4.75. The van der Waals surface area contributed by atoms with E-state index in [2.05, 4.69) is 9.72 Å². The molecule has 2 aromatic rings. The van der Waals surface area contributed by atoms with Crippen LogP contribution in [0.15, 0.2) is 11.0 Å². The monoisotopic (exact) mass is 363 g/mol. The van der Waals surface area contributed by atoms with Gasteiger partial charge in [0, 0.05) is 25.2 Å². The Morgan fingerprint density at radius 3 is 2.69 bits per heavy atom. The summed E-state index contributed by atoms with van der Waals surface area (Å²) in [5.41, 5.74) is 10.9. The lowest BCUT2D eigenvalue weighted by Crippen LogP contribution is -2.28. The zero-order valence-corrected chi connectivity index (χ0v) is 13.8. The molecule has 0 aromatic carbocycles. The fraction of sp³-hybridized carbons (Fsp3) is 0.438. The Labute approximate surface area is 147 Å². The minimum Gasteiger partial charge on any atom is -0.449 e. The van der Waals surface area contributed by atoms with Crippen LogP contribution in [-0.4, -0.2) is 39.9 Å². The smallest absolute Gasteiger partial charge is 0.449 e. The second kappa shape index (κ2) is 5.84. The van der Waals surface area contributed by atoms with E-state index in [1.54, 1.807) is 9.47 Å². The molecule has 2 aromatic heterocycles. The zero-order valence-electron chi connectivity index (χ0n) is 13.8. The lowest BCUT2D eigenvalue weighted by Gasteiger charge is -2.21. The van der Waals surface area contributed by atoms with Crippen molar-refractivity contribution in [1.82, 2.24) is 9.55 Å². The molecule has 2 aliphatic rings. The molecule has 5 N–H and O–H groups in total. The molecule has 9 nitrogen and oxygen atoms in total. The van der Waals surface area contributed by atoms with Crippen LogP contribution in [0.4, 0.5) is 20.7 Å². The Bertz CT molecular complexity index is 971. The highest BCUT2D eigenvalue weighted by molar-refractivity contribution is 5.91. The summed E-state index contributed by atoms with van der Waals surface area (Å²) in [6.45, 7) is 0.993. The Morgan fingerprint density at radius 1 is 1.38 bits per heavy atom. The summed E-state index contributed by atoms with van der Waals surface area (Å²) in [6, 6.07) is -0.0367. The number of carboxylic acid groups (broad SMARTS) is 1. The Morgan fingerprint density at radius 2 is 2.12 bits per heavy atom. The number of anilines is 2. The largest absolute Gasteiger partial charge is 0.511 e. The topological polar surface area (TPSA) is 137 Å². The Hall–Kier alpha value is -2.88. The number of hydrogen-bond acceptors (Lipinski definition) is 7. The van der Waals surface area contributed by atoms with Crippen LogP contribution < -0.4 is 26.5 Å². The van der Waals surface area contributed by atoms with Crippen molar-refractivity contribution >= 4 is 28.7 Å². The van der Waals surface area contributed by atoms with E-state index in [1.165, 1.54) is 6.20 Å². The number of carbonyl (C=O) groups is 1. The van der Waals surface area contributed by atoms with Crippen molar-refractivity contribution in [1.29, 1.82) is 0 Å². The van der Waals surface area contributed by atoms with Crippen LogP contribution in [0.1, 0.15) is 25.3 Å². The van der Waals surface area contributed by atoms with Crippen molar-refractivity contribution in [3.63, 3.8) is 0 Å². The molecule has 0 radical (unpaired) electrons. The van der Waals surface area contributed by atoms with E-state index in [0.29, 0.717) is 19.5 Å². The van der Waals surface area contributed by atoms with Crippen LogP contribution in [0, 0.1) is 5.82 Å². The van der Waals surface area contributed by atoms with Gasteiger partial charge in [0.2, 0.25) is 5.43 Å². The van der Waals surface area contributed by atoms with Gasteiger partial charge in [-0.05, 0) is 19.3 Å². The maximum atomic E-state index is 14.9. The van der Waals surface area contributed by atoms with E-state index in [1.807, 2.05) is 0 Å². The molecule has 1 saturated carbocycles. The number of rotatable bonds is 3. The summed E-state index contributed by atoms with van der Waals surface area (Å²) in [5.74, 6) is -1.16. The number of pyridine rings is 2. The maximum absolute atomic E-state index is 14.9. The molecular weight excluding hydrogens is 345 g/mol. The molecule has 0 spiro atoms. The molecule has 138 valence electrons. The summed E-state index contributed by atoms with van der Waals surface area (Å²) in [7, 11) is 0. The highest BCUT2D eigenvalue weighted by Crippen LogP contribution is 2.39. The minimum atomic E-state index is -1.63. The lowest BCUT2D eigenvalue weighted by molar-refractivity contribution is 0.143. The fourth-order valence-electron chi connectivity index (χ4n) is 3.32. The summed E-state index contributed by atoms with van der Waals surface area (Å²) in [4.78, 5) is 29.5. The van der Waals surface area contributed by atoms with E-state index in [0.717, 1.165) is 12.8 Å². The number of nitrogen functional groups attached to an aromatic ring is 1. The van der Waals surface area contributed by atoms with Gasteiger partial charge >= 0.3 is 6.16 Å². The number of fused-ring (bicyclic) bond motifs is 1. The van der Waals surface area contributed by atoms with Crippen LogP contribution in [0.3, 0.4) is 0 Å². The molecular formula is C16H18FN5O4. The average Bonchev–Trinajstić information content (AvgIpc) is 3.33. The number of aromatic nitrogens is 2. The molecule has 1 aliphatic heterocycles. The predicted molar refractivity (Wildman–Crippen MR) is 92.1 cm³/mol. The maximum Gasteiger partial charge on any atom is 0.511 e. The molecule has 1 unspecified atom stereocenters. The molecule has 0 amide bonds. The normalized spacial score (nSPS) is 19.9. The van der Waals surface area contributed by atoms with Crippen molar-refractivity contribution in [2.75, 3.05) is 23.7 Å². The van der Waals surface area contributed by atoms with Gasteiger partial charge in [-0.2, -0.15) is 0 Å². The van der Waals surface area contributed by atoms with Crippen molar-refractivity contribution in [2.24, 2.45) is 5.73 Å². The van der Waals surface area contributed by atoms with E-state index in [-0.39, 0.29) is 34.6 Å². The van der Waals surface area contributed by atoms with Crippen LogP contribution in [-0.2, 0) is 0 Å². The summed E-state index contributed by atoms with van der Waals surface area (Å²) in [5, 5.41) is 8.67. The van der Waals surface area contributed by atoms with Gasteiger partial charge in [0.25, 0.3) is 0 Å². The third kappa shape index (κ3) is 2.62. The highest BCUT2D eigenvalue weighted by atomic mass is 19.1. The van der Waals surface area contributed by atoms with E-state index in [9.17, 15) is 14.0 Å². The van der Waals surface area contributed by atoms with Gasteiger partial charge in [-0.1, -0.05) is 0 Å². The number of ether oxygens (including phenoxy) is 1. The van der Waals surface area contributed by atoms with Crippen LogP contribution >= 0.6 is 0 Å². The van der Waals surface area contributed by atoms with Crippen LogP contribution in [0.25, 0.3) is 11.0 Å². The predicted octanol–water partition coefficient (Wildman–Crippen LogP) is 1.05. The highest BCUT2D eigenvalue weighted by Gasteiger charge is 2.31. The van der Waals surface area contributed by atoms with Crippen molar-refractivity contribution < 1.29 is 19.0 Å². The molecule has 10 heteroatoms. The standard InChI is InChI=1S/C16H18FN5O4/c17-11-12(19)10-13(23)9(26-16(24)25)6-22(8-1-2-8)14(10)20-15(11)21-4-3-7(18)5-21/h6-8H,1-5,18H2,(H2,19,20)(H,24,25). The van der Waals surface area contributed by atoms with Crippen molar-refractivity contribution in [2.45, 2.75) is 31.3 Å². The Kier molecular flexibility index (Phi) is 3.72. The first-order chi connectivity index (χ1) is 12.4. The Balaban J connectivity index is 1.97. The number of nitrogens with zero attached hydrogens (tertiary/aromatic N) is 3. The SMILES string of the molecule is Nc1c(F)c(N2CCC(N)C2)nc2c1c(=O)c(OC(=O)O)cn2C1CC1. The molecule has 2 fully saturated rings. The molecule has 26 heavy (non-hydrogen) atoms. The third-order valence-corrected chi connectivity index (χ3v) is 4.75. The first kappa shape index (κ1) is 16.6. The van der Waals surface area contributed by atoms with Gasteiger partial charge in [-0.15, -0.1) is 0 Å². The van der Waals surface area contributed by atoms with Gasteiger partial charge in [-0.25, -0.2) is 14.2 Å². The number of nitrogens with two attached hydrogens (primary N) is 2.